The van der Waals surface area contributed by atoms with E-state index in [0.29, 0.717) is 73.8 Å². The molecular formula is C37H49FN8O5S. The van der Waals surface area contributed by atoms with E-state index in [1.807, 2.05) is 36.9 Å². The average Bonchev–Trinajstić information content (AvgIpc) is 3.11. The number of carbonyl (C=O) groups is 1. The highest BCUT2D eigenvalue weighted by Gasteiger charge is 2.45. The van der Waals surface area contributed by atoms with E-state index in [0.717, 1.165) is 42.7 Å². The van der Waals surface area contributed by atoms with Crippen LogP contribution in [-0.4, -0.2) is 123 Å². The summed E-state index contributed by atoms with van der Waals surface area (Å²) in [7, 11) is -1.70. The van der Waals surface area contributed by atoms with Crippen molar-refractivity contribution in [3.05, 3.63) is 48.8 Å². The van der Waals surface area contributed by atoms with Crippen LogP contribution in [0.4, 0.5) is 33.2 Å². The number of fused-ring (bicyclic) bond motifs is 1. The predicted molar refractivity (Wildman–Crippen MR) is 201 cm³/mol. The van der Waals surface area contributed by atoms with E-state index in [1.165, 1.54) is 13.2 Å². The van der Waals surface area contributed by atoms with Crippen molar-refractivity contribution in [3.63, 3.8) is 0 Å². The highest BCUT2D eigenvalue weighted by atomic mass is 32.2. The van der Waals surface area contributed by atoms with Crippen molar-refractivity contribution in [2.75, 3.05) is 85.8 Å². The lowest BCUT2D eigenvalue weighted by molar-refractivity contribution is -0.111. The summed E-state index contributed by atoms with van der Waals surface area (Å²) in [4.78, 5) is 33.3. The van der Waals surface area contributed by atoms with Crippen LogP contribution >= 0.6 is 0 Å². The minimum Gasteiger partial charge on any atom is -0.381 e. The number of hydrogen-bond donors (Lipinski definition) is 2. The number of carbonyl (C=O) groups excluding carboxylic acids is 1. The summed E-state index contributed by atoms with van der Waals surface area (Å²) in [5.74, 6) is 0.815. The highest BCUT2D eigenvalue weighted by molar-refractivity contribution is 7.92. The summed E-state index contributed by atoms with van der Waals surface area (Å²) in [5.41, 5.74) is 3.69. The Morgan fingerprint density at radius 2 is 1.88 bits per heavy atom. The number of nitrogens with zero attached hydrogens (tertiary/aromatic N) is 6. The second kappa shape index (κ2) is 15.2. The van der Waals surface area contributed by atoms with Gasteiger partial charge < -0.3 is 29.9 Å². The van der Waals surface area contributed by atoms with Gasteiger partial charge >= 0.3 is 0 Å². The lowest BCUT2D eigenvalue weighted by Crippen LogP contribution is -2.61. The second-order valence-corrected chi connectivity index (χ2v) is 17.0. The van der Waals surface area contributed by atoms with Crippen molar-refractivity contribution < 1.29 is 27.1 Å². The first-order chi connectivity index (χ1) is 25.0. The molecular weight excluding hydrogens is 688 g/mol. The van der Waals surface area contributed by atoms with Crippen molar-refractivity contribution in [2.45, 2.75) is 62.6 Å². The zero-order valence-corrected chi connectivity index (χ0v) is 30.9. The van der Waals surface area contributed by atoms with Crippen LogP contribution in [0.5, 0.6) is 0 Å². The maximum Gasteiger partial charge on any atom is 0.247 e. The van der Waals surface area contributed by atoms with Gasteiger partial charge in [-0.2, -0.15) is 0 Å². The van der Waals surface area contributed by atoms with Gasteiger partial charge in [0, 0.05) is 111 Å². The highest BCUT2D eigenvalue weighted by Crippen LogP contribution is 2.42. The molecule has 4 fully saturated rings. The van der Waals surface area contributed by atoms with E-state index >= 15 is 0 Å². The molecule has 2 aromatic heterocycles. The maximum atomic E-state index is 14.7. The fraction of sp³-hybridized carbons (Fsp3) is 0.568. The van der Waals surface area contributed by atoms with Crippen molar-refractivity contribution in [1.82, 2.24) is 19.9 Å². The molecule has 2 N–H and O–H groups in total. The number of aromatic nitrogens is 3. The van der Waals surface area contributed by atoms with Crippen LogP contribution in [0.2, 0.25) is 0 Å². The Labute approximate surface area is 304 Å². The number of amides is 1. The number of methoxy groups -OCH3 is 1. The number of benzene rings is 1. The van der Waals surface area contributed by atoms with Gasteiger partial charge in [0.05, 0.1) is 29.2 Å². The number of nitrogens with one attached hydrogen (secondary N) is 2. The summed E-state index contributed by atoms with van der Waals surface area (Å²) in [5, 5.41) is 6.69. The third-order valence-corrected chi connectivity index (χ3v) is 13.3. The van der Waals surface area contributed by atoms with Crippen molar-refractivity contribution in [1.29, 1.82) is 0 Å². The molecule has 0 spiro atoms. The summed E-state index contributed by atoms with van der Waals surface area (Å²) in [6.45, 7) is 12.3. The lowest BCUT2D eigenvalue weighted by Gasteiger charge is -2.48. The van der Waals surface area contributed by atoms with E-state index in [2.05, 4.69) is 32.0 Å². The van der Waals surface area contributed by atoms with Crippen LogP contribution in [0.1, 0.15) is 44.6 Å². The quantitative estimate of drug-likeness (QED) is 0.287. The Balaban J connectivity index is 1.16. The molecule has 280 valence electrons. The molecule has 52 heavy (non-hydrogen) atoms. The normalized spacial score (nSPS) is 24.5. The number of piperidine rings is 1. The summed E-state index contributed by atoms with van der Waals surface area (Å²) in [6.07, 6.45) is 5.60. The summed E-state index contributed by atoms with van der Waals surface area (Å²) in [6, 6.07) is 5.98. The SMILES string of the molecule is C=CC(=O)Nc1cc(N2CC(C3CN(C4CCOCC4)CCS3(=O)=O)C2)c2cnc(Nc3ccnc(N4CC[C@@H](OC)[C@@H](F)C4)c3)nc2c1C(C)C. The molecule has 15 heteroatoms. The van der Waals surface area contributed by atoms with Crippen LogP contribution in [0.3, 0.4) is 0 Å². The zero-order valence-electron chi connectivity index (χ0n) is 30.1. The Morgan fingerprint density at radius 1 is 1.10 bits per heavy atom. The number of halogens is 1. The number of ether oxygens (including phenoxy) is 2. The first-order valence-corrected chi connectivity index (χ1v) is 20.0. The van der Waals surface area contributed by atoms with Crippen molar-refractivity contribution >= 4 is 55.5 Å². The molecule has 0 aliphatic carbocycles. The Kier molecular flexibility index (Phi) is 10.7. The van der Waals surface area contributed by atoms with E-state index in [4.69, 9.17) is 19.4 Å². The van der Waals surface area contributed by atoms with Gasteiger partial charge in [-0.15, -0.1) is 0 Å². The van der Waals surface area contributed by atoms with Gasteiger partial charge in [-0.05, 0) is 43.4 Å². The first kappa shape index (κ1) is 36.4. The summed E-state index contributed by atoms with van der Waals surface area (Å²) < 4.78 is 52.3. The largest absolute Gasteiger partial charge is 0.381 e. The molecule has 6 heterocycles. The zero-order chi connectivity index (χ0) is 36.6. The number of alkyl halides is 1. The van der Waals surface area contributed by atoms with Gasteiger partial charge in [-0.25, -0.2) is 27.8 Å². The number of anilines is 5. The van der Waals surface area contributed by atoms with Crippen molar-refractivity contribution in [2.24, 2.45) is 5.92 Å². The molecule has 0 radical (unpaired) electrons. The van der Waals surface area contributed by atoms with E-state index in [-0.39, 0.29) is 30.0 Å². The van der Waals surface area contributed by atoms with Crippen LogP contribution < -0.4 is 20.4 Å². The lowest BCUT2D eigenvalue weighted by atomic mass is 9.91. The van der Waals surface area contributed by atoms with Crippen LogP contribution in [0.25, 0.3) is 10.9 Å². The fourth-order valence-corrected chi connectivity index (χ4v) is 10.1. The Hall–Kier alpha value is -3.92. The topological polar surface area (TPSA) is 142 Å². The molecule has 0 saturated carbocycles. The molecule has 13 nitrogen and oxygen atoms in total. The van der Waals surface area contributed by atoms with Crippen LogP contribution in [-0.2, 0) is 24.1 Å². The minimum atomic E-state index is -3.23. The molecule has 1 unspecified atom stereocenters. The van der Waals surface area contributed by atoms with E-state index in [9.17, 15) is 17.6 Å². The first-order valence-electron chi connectivity index (χ1n) is 18.2. The Morgan fingerprint density at radius 3 is 2.60 bits per heavy atom. The number of hydrogen-bond acceptors (Lipinski definition) is 12. The molecule has 0 bridgehead atoms. The molecule has 4 aliphatic heterocycles. The van der Waals surface area contributed by atoms with Gasteiger partial charge in [-0.1, -0.05) is 20.4 Å². The average molecular weight is 737 g/mol. The molecule has 1 amide bonds. The van der Waals surface area contributed by atoms with Crippen molar-refractivity contribution in [3.8, 4) is 0 Å². The van der Waals surface area contributed by atoms with Gasteiger partial charge in [0.25, 0.3) is 0 Å². The van der Waals surface area contributed by atoms with Gasteiger partial charge in [-0.3, -0.25) is 9.69 Å². The smallest absolute Gasteiger partial charge is 0.247 e. The van der Waals surface area contributed by atoms with Crippen LogP contribution in [0.15, 0.2) is 43.2 Å². The molecule has 4 saturated heterocycles. The number of rotatable bonds is 10. The van der Waals surface area contributed by atoms with Crippen LogP contribution in [0, 0.1) is 5.92 Å². The van der Waals surface area contributed by atoms with Gasteiger partial charge in [0.2, 0.25) is 11.9 Å². The Bertz CT molecular complexity index is 1900. The second-order valence-electron chi connectivity index (χ2n) is 14.6. The third-order valence-electron chi connectivity index (χ3n) is 11.0. The minimum absolute atomic E-state index is 0.0108. The van der Waals surface area contributed by atoms with E-state index in [1.54, 1.807) is 12.4 Å². The molecule has 7 rings (SSSR count). The third kappa shape index (κ3) is 7.45. The monoisotopic (exact) mass is 736 g/mol. The fourth-order valence-electron chi connectivity index (χ4n) is 8.14. The number of pyridine rings is 1. The van der Waals surface area contributed by atoms with Gasteiger partial charge in [0.1, 0.15) is 12.0 Å². The van der Waals surface area contributed by atoms with E-state index < -0.39 is 27.4 Å². The van der Waals surface area contributed by atoms with Gasteiger partial charge in [0.15, 0.2) is 9.84 Å². The number of sulfone groups is 1. The predicted octanol–water partition coefficient (Wildman–Crippen LogP) is 4.29. The molecule has 3 aromatic rings. The standard InChI is InChI=1S/C37H49FN8O5S/c1-5-34(47)42-29-17-30(46-19-24(20-46)32-22-44(12-15-52(32,48)49)26-8-13-51-14-9-26)27-18-40-37(43-36(27)35(29)23(2)3)41-25-6-10-39-33(16-25)45-11-7-31(50-4)28(38)21-45/h5-6,10,16-18,23-24,26,28,31-32H,1,7-9,11-15,19-22H2,2-4H3,(H,42,47)(H,39,40,41,43)/t28-,31+,32?/m0/s1. The maximum absolute atomic E-state index is 14.7. The molecule has 1 aromatic carbocycles. The molecule has 3 atom stereocenters. The summed E-state index contributed by atoms with van der Waals surface area (Å²) >= 11 is 0. The molecule has 4 aliphatic rings.